The van der Waals surface area contributed by atoms with E-state index in [2.05, 4.69) is 15.7 Å². The maximum Gasteiger partial charge on any atom is 0.259 e. The van der Waals surface area contributed by atoms with Gasteiger partial charge in [0.15, 0.2) is 5.76 Å². The van der Waals surface area contributed by atoms with E-state index in [1.807, 2.05) is 35.3 Å². The number of hydrogen-bond donors (Lipinski definition) is 2. The third kappa shape index (κ3) is 3.00. The fourth-order valence-corrected chi connectivity index (χ4v) is 3.27. The second-order valence-electron chi connectivity index (χ2n) is 6.53. The summed E-state index contributed by atoms with van der Waals surface area (Å²) in [6, 6.07) is 2.17. The van der Waals surface area contributed by atoms with Crippen molar-refractivity contribution >= 4 is 11.7 Å². The lowest BCUT2D eigenvalue weighted by atomic mass is 10.0. The number of H-pyrrole nitrogens is 1. The Morgan fingerprint density at radius 3 is 3.00 bits per heavy atom. The van der Waals surface area contributed by atoms with Gasteiger partial charge in [0.25, 0.3) is 5.91 Å². The molecule has 0 radical (unpaired) electrons. The third-order valence-corrected chi connectivity index (χ3v) is 4.67. The van der Waals surface area contributed by atoms with Gasteiger partial charge in [-0.05, 0) is 38.3 Å². The van der Waals surface area contributed by atoms with Crippen molar-refractivity contribution in [3.05, 3.63) is 47.2 Å². The minimum Gasteiger partial charge on any atom is -0.385 e. The molecule has 0 aliphatic carbocycles. The molecule has 2 aliphatic rings. The van der Waals surface area contributed by atoms with Crippen molar-refractivity contribution < 1.29 is 14.2 Å². The van der Waals surface area contributed by atoms with E-state index in [1.54, 1.807) is 6.92 Å². The van der Waals surface area contributed by atoms with E-state index in [4.69, 9.17) is 9.36 Å². The van der Waals surface area contributed by atoms with Crippen LogP contribution in [0.2, 0.25) is 0 Å². The summed E-state index contributed by atoms with van der Waals surface area (Å²) in [5.41, 5.74) is 5.55. The number of rotatable bonds is 3. The van der Waals surface area contributed by atoms with Crippen LogP contribution in [0, 0.1) is 13.8 Å². The van der Waals surface area contributed by atoms with Gasteiger partial charge in [-0.2, -0.15) is 0 Å². The van der Waals surface area contributed by atoms with Crippen LogP contribution >= 0.6 is 0 Å². The number of piperidine rings is 1. The molecule has 4 heterocycles. The standard InChI is InChI=1S/C17H21N5O3/c1-11-6-15(18-7-11)16-10-22(20-25-16)13-4-3-5-21(9-13)17(23)14-8-19-24-12(14)2/h6-8,10,13,18,20H,3-5,9H2,1-2H3/t13-/m0/s1. The number of carbonyl (C=O) groups excluding carboxylic acids is 1. The quantitative estimate of drug-likeness (QED) is 0.886. The molecule has 2 aromatic rings. The highest BCUT2D eigenvalue weighted by Gasteiger charge is 2.31. The summed E-state index contributed by atoms with van der Waals surface area (Å²) in [5, 5.41) is 5.64. The van der Waals surface area contributed by atoms with Crippen LogP contribution in [-0.2, 0) is 4.84 Å². The molecule has 25 heavy (non-hydrogen) atoms. The molecule has 132 valence electrons. The summed E-state index contributed by atoms with van der Waals surface area (Å²) >= 11 is 0. The second-order valence-corrected chi connectivity index (χ2v) is 6.53. The van der Waals surface area contributed by atoms with Crippen molar-refractivity contribution in [2.45, 2.75) is 32.7 Å². The molecule has 1 amide bonds. The molecule has 1 fully saturated rings. The van der Waals surface area contributed by atoms with Gasteiger partial charge in [-0.15, -0.1) is 0 Å². The minimum atomic E-state index is -0.0345. The van der Waals surface area contributed by atoms with Crippen LogP contribution < -0.4 is 5.59 Å². The summed E-state index contributed by atoms with van der Waals surface area (Å²) in [6.45, 7) is 5.14. The average molecular weight is 343 g/mol. The number of nitrogens with one attached hydrogen (secondary N) is 2. The largest absolute Gasteiger partial charge is 0.385 e. The first-order valence-corrected chi connectivity index (χ1v) is 8.40. The highest BCUT2D eigenvalue weighted by molar-refractivity contribution is 5.94. The van der Waals surface area contributed by atoms with Gasteiger partial charge in [0.1, 0.15) is 11.3 Å². The lowest BCUT2D eigenvalue weighted by molar-refractivity contribution is -0.00255. The Labute approximate surface area is 145 Å². The normalized spacial score (nSPS) is 20.6. The summed E-state index contributed by atoms with van der Waals surface area (Å²) < 4.78 is 5.01. The summed E-state index contributed by atoms with van der Waals surface area (Å²) in [4.78, 5) is 23.3. The van der Waals surface area contributed by atoms with Crippen molar-refractivity contribution in [2.24, 2.45) is 0 Å². The predicted octanol–water partition coefficient (Wildman–Crippen LogP) is 1.97. The van der Waals surface area contributed by atoms with Gasteiger partial charge in [0.05, 0.1) is 24.1 Å². The SMILES string of the molecule is Cc1c[nH]c(C2=CN([C@H]3CCCN(C(=O)c4cnoc4C)C3)NO2)c1. The molecule has 8 nitrogen and oxygen atoms in total. The van der Waals surface area contributed by atoms with E-state index in [9.17, 15) is 4.79 Å². The number of carbonyl (C=O) groups is 1. The van der Waals surface area contributed by atoms with E-state index in [0.29, 0.717) is 17.9 Å². The topological polar surface area (TPSA) is 86.6 Å². The molecule has 0 aromatic carbocycles. The average Bonchev–Trinajstić information content (AvgIpc) is 3.35. The predicted molar refractivity (Wildman–Crippen MR) is 89.7 cm³/mol. The van der Waals surface area contributed by atoms with E-state index in [1.165, 1.54) is 6.20 Å². The van der Waals surface area contributed by atoms with E-state index in [-0.39, 0.29) is 11.9 Å². The van der Waals surface area contributed by atoms with Crippen LogP contribution in [0.15, 0.2) is 29.2 Å². The van der Waals surface area contributed by atoms with Crippen molar-refractivity contribution in [1.29, 1.82) is 0 Å². The van der Waals surface area contributed by atoms with E-state index < -0.39 is 0 Å². The first-order chi connectivity index (χ1) is 12.1. The van der Waals surface area contributed by atoms with Gasteiger partial charge in [-0.1, -0.05) is 10.7 Å². The third-order valence-electron chi connectivity index (χ3n) is 4.67. The maximum atomic E-state index is 12.7. The van der Waals surface area contributed by atoms with Crippen LogP contribution in [-0.4, -0.2) is 45.1 Å². The number of aromatic amines is 1. The Hall–Kier alpha value is -2.74. The van der Waals surface area contributed by atoms with Crippen molar-refractivity contribution in [1.82, 2.24) is 25.6 Å². The van der Waals surface area contributed by atoms with Gasteiger partial charge in [-0.3, -0.25) is 9.80 Å². The number of likely N-dealkylation sites (tertiary alicyclic amines) is 1. The number of nitrogens with zero attached hydrogens (tertiary/aromatic N) is 3. The van der Waals surface area contributed by atoms with Gasteiger partial charge >= 0.3 is 0 Å². The van der Waals surface area contributed by atoms with Gasteiger partial charge < -0.3 is 19.2 Å². The molecular weight excluding hydrogens is 322 g/mol. The molecule has 0 bridgehead atoms. The summed E-state index contributed by atoms with van der Waals surface area (Å²) in [7, 11) is 0. The van der Waals surface area contributed by atoms with Gasteiger partial charge in [0.2, 0.25) is 0 Å². The molecule has 2 aromatic heterocycles. The maximum absolute atomic E-state index is 12.7. The monoisotopic (exact) mass is 343 g/mol. The zero-order valence-electron chi connectivity index (χ0n) is 14.3. The zero-order chi connectivity index (χ0) is 17.4. The smallest absolute Gasteiger partial charge is 0.259 e. The van der Waals surface area contributed by atoms with Gasteiger partial charge in [-0.25, -0.2) is 0 Å². The highest BCUT2D eigenvalue weighted by atomic mass is 16.7. The Bertz CT molecular complexity index is 809. The summed E-state index contributed by atoms with van der Waals surface area (Å²) in [5.74, 6) is 1.26. The highest BCUT2D eigenvalue weighted by Crippen LogP contribution is 2.25. The Morgan fingerprint density at radius 2 is 2.28 bits per heavy atom. The molecule has 0 spiro atoms. The molecule has 1 atom stereocenters. The van der Waals surface area contributed by atoms with Crippen molar-refractivity contribution in [2.75, 3.05) is 13.1 Å². The number of aromatic nitrogens is 2. The molecule has 4 rings (SSSR count). The first kappa shape index (κ1) is 15.8. The Balaban J connectivity index is 1.46. The molecular formula is C17H21N5O3. The lowest BCUT2D eigenvalue weighted by Gasteiger charge is -2.36. The molecule has 1 saturated heterocycles. The minimum absolute atomic E-state index is 0.0345. The summed E-state index contributed by atoms with van der Waals surface area (Å²) in [6.07, 6.45) is 7.28. The van der Waals surface area contributed by atoms with Crippen LogP contribution in [0.4, 0.5) is 0 Å². The van der Waals surface area contributed by atoms with Crippen molar-refractivity contribution in [3.8, 4) is 0 Å². The number of amides is 1. The van der Waals surface area contributed by atoms with Crippen LogP contribution in [0.1, 0.15) is 40.2 Å². The second kappa shape index (κ2) is 6.29. The molecule has 2 N–H and O–H groups in total. The Morgan fingerprint density at radius 1 is 1.40 bits per heavy atom. The molecule has 0 unspecified atom stereocenters. The number of hydrazine groups is 1. The number of hydrogen-bond acceptors (Lipinski definition) is 6. The molecule has 8 heteroatoms. The Kier molecular flexibility index (Phi) is 3.96. The van der Waals surface area contributed by atoms with Crippen LogP contribution in [0.5, 0.6) is 0 Å². The lowest BCUT2D eigenvalue weighted by Crippen LogP contribution is -2.50. The van der Waals surface area contributed by atoms with Crippen LogP contribution in [0.25, 0.3) is 5.76 Å². The van der Waals surface area contributed by atoms with Crippen LogP contribution in [0.3, 0.4) is 0 Å². The van der Waals surface area contributed by atoms with E-state index >= 15 is 0 Å². The number of aryl methyl sites for hydroxylation is 2. The fraction of sp³-hybridized carbons (Fsp3) is 0.412. The first-order valence-electron chi connectivity index (χ1n) is 8.40. The molecule has 0 saturated carbocycles. The van der Waals surface area contributed by atoms with Crippen molar-refractivity contribution in [3.63, 3.8) is 0 Å². The van der Waals surface area contributed by atoms with Gasteiger partial charge in [0, 0.05) is 19.3 Å². The van der Waals surface area contributed by atoms with E-state index in [0.717, 1.165) is 36.4 Å². The zero-order valence-corrected chi connectivity index (χ0v) is 14.3. The molecule has 2 aliphatic heterocycles. The fourth-order valence-electron chi connectivity index (χ4n) is 3.27.